The number of benzene rings is 1. The third-order valence-corrected chi connectivity index (χ3v) is 6.21. The van der Waals surface area contributed by atoms with Crippen molar-refractivity contribution in [3.8, 4) is 0 Å². The summed E-state index contributed by atoms with van der Waals surface area (Å²) in [7, 11) is 0. The number of aliphatic carboxylic acids is 1. The number of aromatic nitrogens is 1. The van der Waals surface area contributed by atoms with Crippen LogP contribution < -0.4 is 0 Å². The highest BCUT2D eigenvalue weighted by Crippen LogP contribution is 2.49. The predicted molar refractivity (Wildman–Crippen MR) is 92.1 cm³/mol. The van der Waals surface area contributed by atoms with Crippen molar-refractivity contribution in [3.05, 3.63) is 40.5 Å². The molecule has 120 valence electrons. The highest BCUT2D eigenvalue weighted by atomic mass is 79.9. The first-order valence-electron chi connectivity index (χ1n) is 8.08. The fourth-order valence-electron chi connectivity index (χ4n) is 4.44. The van der Waals surface area contributed by atoms with Gasteiger partial charge >= 0.3 is 5.97 Å². The van der Waals surface area contributed by atoms with Gasteiger partial charge in [-0.15, -0.1) is 0 Å². The van der Waals surface area contributed by atoms with Crippen molar-refractivity contribution < 1.29 is 9.90 Å². The molecule has 0 unspecified atom stereocenters. The Labute approximate surface area is 143 Å². The van der Waals surface area contributed by atoms with Crippen LogP contribution in [0.15, 0.2) is 34.9 Å². The van der Waals surface area contributed by atoms with Gasteiger partial charge in [0.15, 0.2) is 0 Å². The smallest absolute Gasteiger partial charge is 0.311 e. The molecular formula is C18H19BrN2O2. The fraction of sp³-hybridized carbons (Fsp3) is 0.444. The number of nitrogens with zero attached hydrogens (tertiary/aromatic N) is 2. The number of pyridine rings is 1. The van der Waals surface area contributed by atoms with Crippen LogP contribution in [-0.4, -0.2) is 34.0 Å². The SMILES string of the molecule is O=C(O)[C@@]12CCC[C@H]1CN(Cc1ccnc3c(Br)cccc13)C2. The fourth-order valence-corrected chi connectivity index (χ4v) is 4.91. The maximum absolute atomic E-state index is 11.8. The number of para-hydroxylation sites is 1. The zero-order chi connectivity index (χ0) is 16.0. The molecule has 2 aliphatic rings. The minimum atomic E-state index is -0.607. The van der Waals surface area contributed by atoms with Crippen LogP contribution in [0.5, 0.6) is 0 Å². The molecule has 1 aromatic heterocycles. The Hall–Kier alpha value is -1.46. The lowest BCUT2D eigenvalue weighted by atomic mass is 9.81. The Kier molecular flexibility index (Phi) is 3.65. The van der Waals surface area contributed by atoms with Gasteiger partial charge in [-0.3, -0.25) is 14.7 Å². The molecule has 4 rings (SSSR count). The standard InChI is InChI=1S/C18H19BrN2O2/c19-15-5-1-4-14-12(6-8-20-16(14)15)9-21-10-13-3-2-7-18(13,11-21)17(22)23/h1,4-6,8,13H,2-3,7,9-11H2,(H,22,23)/t13-,18+/m0/s1. The molecular weight excluding hydrogens is 356 g/mol. The molecule has 1 saturated heterocycles. The Morgan fingerprint density at radius 3 is 3.09 bits per heavy atom. The topological polar surface area (TPSA) is 53.4 Å². The van der Waals surface area contributed by atoms with E-state index in [-0.39, 0.29) is 0 Å². The third kappa shape index (κ3) is 2.37. The first-order chi connectivity index (χ1) is 11.1. The van der Waals surface area contributed by atoms with E-state index < -0.39 is 11.4 Å². The molecule has 0 radical (unpaired) electrons. The zero-order valence-electron chi connectivity index (χ0n) is 12.8. The van der Waals surface area contributed by atoms with Crippen molar-refractivity contribution in [1.82, 2.24) is 9.88 Å². The molecule has 1 saturated carbocycles. The molecule has 0 bridgehead atoms. The second kappa shape index (κ2) is 5.56. The van der Waals surface area contributed by atoms with E-state index in [0.29, 0.717) is 12.5 Å². The minimum Gasteiger partial charge on any atom is -0.481 e. The molecule has 2 fully saturated rings. The molecule has 2 atom stereocenters. The lowest BCUT2D eigenvalue weighted by Crippen LogP contribution is -2.35. The van der Waals surface area contributed by atoms with Gasteiger partial charge < -0.3 is 5.11 Å². The third-order valence-electron chi connectivity index (χ3n) is 5.57. The number of carboxylic acid groups (broad SMARTS) is 1. The lowest BCUT2D eigenvalue weighted by molar-refractivity contribution is -0.149. The van der Waals surface area contributed by atoms with E-state index >= 15 is 0 Å². The van der Waals surface area contributed by atoms with Crippen LogP contribution >= 0.6 is 15.9 Å². The first-order valence-corrected chi connectivity index (χ1v) is 8.87. The summed E-state index contributed by atoms with van der Waals surface area (Å²) in [4.78, 5) is 18.6. The van der Waals surface area contributed by atoms with Crippen LogP contribution in [0.1, 0.15) is 24.8 Å². The summed E-state index contributed by atoms with van der Waals surface area (Å²) >= 11 is 3.56. The summed E-state index contributed by atoms with van der Waals surface area (Å²) in [5.41, 5.74) is 1.68. The molecule has 0 amide bonds. The number of likely N-dealkylation sites (tertiary alicyclic amines) is 1. The first kappa shape index (κ1) is 15.1. The van der Waals surface area contributed by atoms with E-state index in [1.807, 2.05) is 18.3 Å². The number of fused-ring (bicyclic) bond motifs is 2. The number of hydrogen-bond donors (Lipinski definition) is 1. The summed E-state index contributed by atoms with van der Waals surface area (Å²) < 4.78 is 0.997. The lowest BCUT2D eigenvalue weighted by Gasteiger charge is -2.23. The van der Waals surface area contributed by atoms with Crippen molar-refractivity contribution in [3.63, 3.8) is 0 Å². The van der Waals surface area contributed by atoms with Crippen LogP contribution in [0.2, 0.25) is 0 Å². The summed E-state index contributed by atoms with van der Waals surface area (Å²) in [5, 5.41) is 10.9. The average Bonchev–Trinajstić information content (AvgIpc) is 3.06. The average molecular weight is 375 g/mol. The highest BCUT2D eigenvalue weighted by Gasteiger charge is 2.54. The maximum Gasteiger partial charge on any atom is 0.311 e. The Balaban J connectivity index is 1.63. The van der Waals surface area contributed by atoms with E-state index in [4.69, 9.17) is 0 Å². The van der Waals surface area contributed by atoms with Gasteiger partial charge in [0.25, 0.3) is 0 Å². The van der Waals surface area contributed by atoms with Gasteiger partial charge in [0.1, 0.15) is 0 Å². The van der Waals surface area contributed by atoms with Gasteiger partial charge in [0, 0.05) is 35.7 Å². The Morgan fingerprint density at radius 2 is 2.30 bits per heavy atom. The van der Waals surface area contributed by atoms with Gasteiger partial charge in [-0.1, -0.05) is 18.6 Å². The number of carbonyl (C=O) groups is 1. The molecule has 2 aromatic rings. The van der Waals surface area contributed by atoms with Crippen molar-refractivity contribution in [2.45, 2.75) is 25.8 Å². The zero-order valence-corrected chi connectivity index (χ0v) is 14.4. The number of rotatable bonds is 3. The van der Waals surface area contributed by atoms with E-state index in [0.717, 1.165) is 47.7 Å². The van der Waals surface area contributed by atoms with Gasteiger partial charge in [0.05, 0.1) is 10.9 Å². The number of hydrogen-bond acceptors (Lipinski definition) is 3. The normalized spacial score (nSPS) is 27.4. The molecule has 23 heavy (non-hydrogen) atoms. The van der Waals surface area contributed by atoms with Crippen LogP contribution in [0, 0.1) is 11.3 Å². The quantitative estimate of drug-likeness (QED) is 0.889. The van der Waals surface area contributed by atoms with Crippen LogP contribution in [0.25, 0.3) is 10.9 Å². The van der Waals surface area contributed by atoms with E-state index in [2.05, 4.69) is 37.9 Å². The Morgan fingerprint density at radius 1 is 1.43 bits per heavy atom. The number of carboxylic acids is 1. The summed E-state index contributed by atoms with van der Waals surface area (Å²) in [6.07, 6.45) is 4.76. The molecule has 1 aromatic carbocycles. The predicted octanol–water partition coefficient (Wildman–Crippen LogP) is 3.68. The summed E-state index contributed by atoms with van der Waals surface area (Å²) in [6.45, 7) is 2.36. The minimum absolute atomic E-state index is 0.305. The van der Waals surface area contributed by atoms with E-state index in [9.17, 15) is 9.90 Å². The van der Waals surface area contributed by atoms with Gasteiger partial charge in [-0.2, -0.15) is 0 Å². The van der Waals surface area contributed by atoms with Gasteiger partial charge in [0.2, 0.25) is 0 Å². The van der Waals surface area contributed by atoms with Crippen molar-refractivity contribution >= 4 is 32.8 Å². The molecule has 5 heteroatoms. The second-order valence-electron chi connectivity index (χ2n) is 6.83. The second-order valence-corrected chi connectivity index (χ2v) is 7.68. The van der Waals surface area contributed by atoms with Gasteiger partial charge in [-0.05, 0) is 52.4 Å². The van der Waals surface area contributed by atoms with Crippen LogP contribution in [-0.2, 0) is 11.3 Å². The van der Waals surface area contributed by atoms with Crippen molar-refractivity contribution in [2.75, 3.05) is 13.1 Å². The molecule has 1 aliphatic heterocycles. The van der Waals surface area contributed by atoms with Crippen LogP contribution in [0.3, 0.4) is 0 Å². The maximum atomic E-state index is 11.8. The summed E-state index contributed by atoms with van der Waals surface area (Å²) in [5.74, 6) is -0.301. The number of halogens is 1. The molecule has 1 N–H and O–H groups in total. The van der Waals surface area contributed by atoms with Crippen LogP contribution in [0.4, 0.5) is 0 Å². The van der Waals surface area contributed by atoms with Crippen molar-refractivity contribution in [2.24, 2.45) is 11.3 Å². The van der Waals surface area contributed by atoms with E-state index in [1.165, 1.54) is 5.56 Å². The molecule has 2 heterocycles. The molecule has 0 spiro atoms. The molecule has 1 aliphatic carbocycles. The Bertz CT molecular complexity index is 779. The van der Waals surface area contributed by atoms with Gasteiger partial charge in [-0.25, -0.2) is 0 Å². The van der Waals surface area contributed by atoms with E-state index in [1.54, 1.807) is 0 Å². The summed E-state index contributed by atoms with van der Waals surface area (Å²) in [6, 6.07) is 8.16. The monoisotopic (exact) mass is 374 g/mol. The van der Waals surface area contributed by atoms with Crippen molar-refractivity contribution in [1.29, 1.82) is 0 Å². The largest absolute Gasteiger partial charge is 0.481 e. The highest BCUT2D eigenvalue weighted by molar-refractivity contribution is 9.10. The molecule has 4 nitrogen and oxygen atoms in total.